The Morgan fingerprint density at radius 3 is 2.74 bits per heavy atom. The first kappa shape index (κ1) is 11.7. The van der Waals surface area contributed by atoms with Crippen molar-refractivity contribution in [2.45, 2.75) is 6.04 Å². The number of hydrazine groups is 1. The maximum atomic E-state index is 5.71. The molecule has 3 N–H and O–H groups in total. The van der Waals surface area contributed by atoms with Crippen LogP contribution in [0.5, 0.6) is 0 Å². The molecule has 1 atom stereocenters. The summed E-state index contributed by atoms with van der Waals surface area (Å²) in [6.45, 7) is 0. The van der Waals surface area contributed by atoms with E-state index in [1.807, 2.05) is 36.5 Å². The van der Waals surface area contributed by atoms with Gasteiger partial charge in [-0.2, -0.15) is 10.2 Å². The summed E-state index contributed by atoms with van der Waals surface area (Å²) in [6.07, 6.45) is 7.00. The van der Waals surface area contributed by atoms with Crippen LogP contribution in [0.4, 0.5) is 0 Å². The second-order valence-corrected chi connectivity index (χ2v) is 4.22. The highest BCUT2D eigenvalue weighted by atomic mass is 15.2. The minimum absolute atomic E-state index is 0.124. The highest BCUT2D eigenvalue weighted by Crippen LogP contribution is 2.27. The fourth-order valence-corrected chi connectivity index (χ4v) is 2.24. The topological polar surface area (TPSA) is 76.7 Å². The molecule has 3 rings (SSSR count). The molecule has 0 spiro atoms. The van der Waals surface area contributed by atoms with Gasteiger partial charge in [0.15, 0.2) is 0 Å². The molecule has 0 aliphatic carbocycles. The number of pyridine rings is 1. The van der Waals surface area contributed by atoms with Crippen LogP contribution in [0.2, 0.25) is 0 Å². The number of fused-ring (bicyclic) bond motifs is 1. The zero-order valence-electron chi connectivity index (χ0n) is 10.2. The summed E-state index contributed by atoms with van der Waals surface area (Å²) in [6, 6.07) is 9.85. The van der Waals surface area contributed by atoms with Crippen LogP contribution in [0, 0.1) is 0 Å². The normalized spacial score (nSPS) is 12.5. The summed E-state index contributed by atoms with van der Waals surface area (Å²) in [7, 11) is 0. The van der Waals surface area contributed by atoms with Crippen LogP contribution in [0.1, 0.15) is 17.2 Å². The van der Waals surface area contributed by atoms with Gasteiger partial charge in [0.2, 0.25) is 0 Å². The van der Waals surface area contributed by atoms with E-state index in [9.17, 15) is 0 Å². The van der Waals surface area contributed by atoms with Crippen LogP contribution in [-0.2, 0) is 0 Å². The molecule has 0 fully saturated rings. The summed E-state index contributed by atoms with van der Waals surface area (Å²) in [5.74, 6) is 5.71. The number of rotatable bonds is 3. The van der Waals surface area contributed by atoms with Crippen LogP contribution in [-0.4, -0.2) is 15.2 Å². The van der Waals surface area contributed by atoms with Gasteiger partial charge in [-0.15, -0.1) is 0 Å². The fraction of sp³-hybridized carbons (Fsp3) is 0.0714. The molecule has 1 unspecified atom stereocenters. The molecule has 0 saturated carbocycles. The van der Waals surface area contributed by atoms with E-state index in [1.54, 1.807) is 18.6 Å². The third-order valence-corrected chi connectivity index (χ3v) is 3.13. The van der Waals surface area contributed by atoms with Gasteiger partial charge in [-0.1, -0.05) is 18.2 Å². The number of hydrogen-bond acceptors (Lipinski definition) is 5. The minimum Gasteiger partial charge on any atom is -0.271 e. The predicted octanol–water partition coefficient (Wildman–Crippen LogP) is 1.58. The summed E-state index contributed by atoms with van der Waals surface area (Å²) in [5.41, 5.74) is 4.91. The largest absolute Gasteiger partial charge is 0.271 e. The van der Waals surface area contributed by atoms with Crippen molar-refractivity contribution >= 4 is 10.8 Å². The van der Waals surface area contributed by atoms with E-state index >= 15 is 0 Å². The van der Waals surface area contributed by atoms with E-state index in [1.165, 1.54) is 0 Å². The Morgan fingerprint density at radius 2 is 1.95 bits per heavy atom. The molecule has 0 bridgehead atoms. The molecule has 19 heavy (non-hydrogen) atoms. The van der Waals surface area contributed by atoms with E-state index in [4.69, 9.17) is 5.84 Å². The molecule has 5 heteroatoms. The van der Waals surface area contributed by atoms with Crippen molar-refractivity contribution in [3.05, 3.63) is 66.2 Å². The van der Waals surface area contributed by atoms with Gasteiger partial charge >= 0.3 is 0 Å². The lowest BCUT2D eigenvalue weighted by Gasteiger charge is -2.18. The van der Waals surface area contributed by atoms with Gasteiger partial charge in [0.05, 0.1) is 12.2 Å². The number of nitrogens with one attached hydrogen (secondary N) is 1. The van der Waals surface area contributed by atoms with Crippen LogP contribution in [0.25, 0.3) is 10.8 Å². The van der Waals surface area contributed by atoms with Gasteiger partial charge in [0, 0.05) is 24.0 Å². The maximum absolute atomic E-state index is 5.71. The molecule has 94 valence electrons. The molecular formula is C14H13N5. The standard InChI is InChI=1S/C14H13N5/c15-19-14(11-4-7-17-18-9-11)13-3-1-2-10-8-16-6-5-12(10)13/h1-9,14,19H,15H2. The lowest BCUT2D eigenvalue weighted by Crippen LogP contribution is -2.29. The Kier molecular flexibility index (Phi) is 3.14. The zero-order valence-corrected chi connectivity index (χ0v) is 10.2. The molecule has 2 heterocycles. The van der Waals surface area contributed by atoms with Crippen molar-refractivity contribution < 1.29 is 0 Å². The summed E-state index contributed by atoms with van der Waals surface area (Å²) in [5, 5.41) is 9.90. The van der Waals surface area contributed by atoms with Gasteiger partial charge in [-0.25, -0.2) is 5.43 Å². The van der Waals surface area contributed by atoms with Crippen molar-refractivity contribution in [1.82, 2.24) is 20.6 Å². The van der Waals surface area contributed by atoms with Crippen molar-refractivity contribution in [3.8, 4) is 0 Å². The van der Waals surface area contributed by atoms with Gasteiger partial charge in [0.1, 0.15) is 0 Å². The fourth-order valence-electron chi connectivity index (χ4n) is 2.24. The predicted molar refractivity (Wildman–Crippen MR) is 72.9 cm³/mol. The maximum Gasteiger partial charge on any atom is 0.0732 e. The Hall–Kier alpha value is -2.37. The van der Waals surface area contributed by atoms with Crippen molar-refractivity contribution in [1.29, 1.82) is 0 Å². The first-order valence-corrected chi connectivity index (χ1v) is 5.95. The molecule has 0 radical (unpaired) electrons. The molecule has 1 aromatic carbocycles. The van der Waals surface area contributed by atoms with Crippen molar-refractivity contribution in [3.63, 3.8) is 0 Å². The molecule has 3 aromatic rings. The van der Waals surface area contributed by atoms with Crippen LogP contribution >= 0.6 is 0 Å². The number of nitrogens with zero attached hydrogens (tertiary/aromatic N) is 3. The van der Waals surface area contributed by atoms with E-state index in [-0.39, 0.29) is 6.04 Å². The van der Waals surface area contributed by atoms with E-state index in [2.05, 4.69) is 20.6 Å². The second kappa shape index (κ2) is 5.09. The average molecular weight is 251 g/mol. The highest BCUT2D eigenvalue weighted by molar-refractivity contribution is 5.85. The highest BCUT2D eigenvalue weighted by Gasteiger charge is 2.15. The third-order valence-electron chi connectivity index (χ3n) is 3.13. The summed E-state index contributed by atoms with van der Waals surface area (Å²) in [4.78, 5) is 4.14. The smallest absolute Gasteiger partial charge is 0.0732 e. The Balaban J connectivity index is 2.17. The molecule has 2 aromatic heterocycles. The zero-order chi connectivity index (χ0) is 13.1. The van der Waals surface area contributed by atoms with E-state index in [0.717, 1.165) is 21.9 Å². The Bertz CT molecular complexity index is 678. The minimum atomic E-state index is -0.124. The molecule has 5 nitrogen and oxygen atoms in total. The number of hydrogen-bond donors (Lipinski definition) is 2. The first-order chi connectivity index (χ1) is 9.40. The first-order valence-electron chi connectivity index (χ1n) is 5.95. The van der Waals surface area contributed by atoms with Crippen LogP contribution < -0.4 is 11.3 Å². The van der Waals surface area contributed by atoms with Gasteiger partial charge in [0.25, 0.3) is 0 Å². The Morgan fingerprint density at radius 1 is 1.00 bits per heavy atom. The molecule has 0 amide bonds. The number of aromatic nitrogens is 3. The summed E-state index contributed by atoms with van der Waals surface area (Å²) < 4.78 is 0. The van der Waals surface area contributed by atoms with Crippen molar-refractivity contribution in [2.75, 3.05) is 0 Å². The second-order valence-electron chi connectivity index (χ2n) is 4.22. The number of nitrogens with two attached hydrogens (primary N) is 1. The van der Waals surface area contributed by atoms with Crippen LogP contribution in [0.3, 0.4) is 0 Å². The lowest BCUT2D eigenvalue weighted by atomic mass is 9.96. The van der Waals surface area contributed by atoms with Gasteiger partial charge in [-0.05, 0) is 28.6 Å². The Labute approximate surface area is 110 Å². The average Bonchev–Trinajstić information content (AvgIpc) is 2.49. The molecular weight excluding hydrogens is 238 g/mol. The monoisotopic (exact) mass is 251 g/mol. The lowest BCUT2D eigenvalue weighted by molar-refractivity contribution is 0.636. The van der Waals surface area contributed by atoms with E-state index < -0.39 is 0 Å². The molecule has 0 aliphatic rings. The summed E-state index contributed by atoms with van der Waals surface area (Å²) >= 11 is 0. The van der Waals surface area contributed by atoms with Crippen LogP contribution in [0.15, 0.2) is 55.1 Å². The SMILES string of the molecule is NNC(c1ccnnc1)c1cccc2cnccc12. The van der Waals surface area contributed by atoms with Gasteiger partial charge < -0.3 is 0 Å². The quantitative estimate of drug-likeness (QED) is 0.546. The molecule has 0 aliphatic heterocycles. The molecule has 0 saturated heterocycles. The number of benzene rings is 1. The van der Waals surface area contributed by atoms with E-state index in [0.29, 0.717) is 0 Å². The van der Waals surface area contributed by atoms with Gasteiger partial charge in [-0.3, -0.25) is 10.8 Å². The third kappa shape index (κ3) is 2.16. The van der Waals surface area contributed by atoms with Crippen molar-refractivity contribution in [2.24, 2.45) is 5.84 Å².